The molecule has 22 heavy (non-hydrogen) atoms. The number of nitrogens with two attached hydrogens (primary N) is 1. The Morgan fingerprint density at radius 1 is 1.14 bits per heavy atom. The first-order valence-corrected chi connectivity index (χ1v) is 6.72. The van der Waals surface area contributed by atoms with Crippen molar-refractivity contribution < 1.29 is 14.0 Å². The van der Waals surface area contributed by atoms with Gasteiger partial charge in [0.25, 0.3) is 5.91 Å². The monoisotopic (exact) mass is 321 g/mol. The first-order valence-electron chi connectivity index (χ1n) is 6.34. The van der Waals surface area contributed by atoms with Gasteiger partial charge in [0, 0.05) is 16.4 Å². The zero-order valence-electron chi connectivity index (χ0n) is 11.4. The molecular formula is C15H13ClFN3O2. The normalized spacial score (nSPS) is 10.1. The molecule has 0 heterocycles. The predicted octanol–water partition coefficient (Wildman–Crippen LogP) is 2.63. The number of benzene rings is 2. The van der Waals surface area contributed by atoms with Crippen LogP contribution in [0.25, 0.3) is 0 Å². The summed E-state index contributed by atoms with van der Waals surface area (Å²) in [5, 5.41) is 5.94. The maximum Gasteiger partial charge on any atom is 0.251 e. The molecule has 0 aliphatic carbocycles. The van der Waals surface area contributed by atoms with Gasteiger partial charge in [0.15, 0.2) is 0 Å². The van der Waals surface area contributed by atoms with E-state index in [9.17, 15) is 14.0 Å². The van der Waals surface area contributed by atoms with Crippen molar-refractivity contribution in [2.45, 2.75) is 0 Å². The standard InChI is InChI=1S/C15H13ClFN3O2/c16-9-2-1-3-11(6-9)20-14(21)8-19-10-4-5-13(17)12(7-10)15(18)22/h1-7,19H,8H2,(H2,18,22)(H,20,21). The van der Waals surface area contributed by atoms with Crippen molar-refractivity contribution >= 4 is 34.8 Å². The Bertz CT molecular complexity index is 722. The fourth-order valence-corrected chi connectivity index (χ4v) is 1.97. The van der Waals surface area contributed by atoms with Crippen LogP contribution in [-0.2, 0) is 4.79 Å². The van der Waals surface area contributed by atoms with Crippen LogP contribution in [0.3, 0.4) is 0 Å². The van der Waals surface area contributed by atoms with Crippen molar-refractivity contribution in [3.63, 3.8) is 0 Å². The summed E-state index contributed by atoms with van der Waals surface area (Å²) >= 11 is 5.82. The highest BCUT2D eigenvalue weighted by atomic mass is 35.5. The predicted molar refractivity (Wildman–Crippen MR) is 83.5 cm³/mol. The molecule has 0 saturated carbocycles. The molecule has 0 aliphatic heterocycles. The first-order chi connectivity index (χ1) is 10.5. The molecule has 0 unspecified atom stereocenters. The number of primary amides is 1. The summed E-state index contributed by atoms with van der Waals surface area (Å²) < 4.78 is 13.3. The second-order valence-corrected chi connectivity index (χ2v) is 4.91. The van der Waals surface area contributed by atoms with E-state index in [0.29, 0.717) is 16.4 Å². The number of carbonyl (C=O) groups excluding carboxylic acids is 2. The number of anilines is 2. The minimum Gasteiger partial charge on any atom is -0.376 e. The third-order valence-electron chi connectivity index (χ3n) is 2.79. The van der Waals surface area contributed by atoms with Gasteiger partial charge in [0.1, 0.15) is 5.82 Å². The first kappa shape index (κ1) is 15.8. The molecule has 2 rings (SSSR count). The van der Waals surface area contributed by atoms with Crippen LogP contribution in [0, 0.1) is 5.82 Å². The van der Waals surface area contributed by atoms with E-state index in [1.54, 1.807) is 24.3 Å². The second kappa shape index (κ2) is 6.91. The SMILES string of the molecule is NC(=O)c1cc(NCC(=O)Nc2cccc(Cl)c2)ccc1F. The molecule has 114 valence electrons. The lowest BCUT2D eigenvalue weighted by Gasteiger charge is -2.09. The van der Waals surface area contributed by atoms with E-state index in [0.717, 1.165) is 6.07 Å². The van der Waals surface area contributed by atoms with Gasteiger partial charge >= 0.3 is 0 Å². The van der Waals surface area contributed by atoms with Crippen LogP contribution in [0.1, 0.15) is 10.4 Å². The number of hydrogen-bond donors (Lipinski definition) is 3. The molecule has 2 amide bonds. The van der Waals surface area contributed by atoms with E-state index < -0.39 is 11.7 Å². The molecule has 0 bridgehead atoms. The van der Waals surface area contributed by atoms with Gasteiger partial charge < -0.3 is 16.4 Å². The molecule has 5 nitrogen and oxygen atoms in total. The maximum absolute atomic E-state index is 13.3. The summed E-state index contributed by atoms with van der Waals surface area (Å²) in [5.41, 5.74) is 5.80. The van der Waals surface area contributed by atoms with Crippen molar-refractivity contribution in [3.8, 4) is 0 Å². The summed E-state index contributed by atoms with van der Waals surface area (Å²) in [4.78, 5) is 22.8. The molecule has 0 saturated heterocycles. The summed E-state index contributed by atoms with van der Waals surface area (Å²) in [5.74, 6) is -1.89. The lowest BCUT2D eigenvalue weighted by molar-refractivity contribution is -0.114. The molecule has 7 heteroatoms. The van der Waals surface area contributed by atoms with Gasteiger partial charge in [-0.2, -0.15) is 0 Å². The summed E-state index contributed by atoms with van der Waals surface area (Å²) in [6, 6.07) is 10.5. The molecular weight excluding hydrogens is 309 g/mol. The number of amides is 2. The molecule has 0 radical (unpaired) electrons. The molecule has 0 aliphatic rings. The van der Waals surface area contributed by atoms with Crippen LogP contribution in [0.15, 0.2) is 42.5 Å². The molecule has 0 spiro atoms. The lowest BCUT2D eigenvalue weighted by Crippen LogP contribution is -2.22. The van der Waals surface area contributed by atoms with Crippen molar-refractivity contribution in [2.24, 2.45) is 5.73 Å². The van der Waals surface area contributed by atoms with Gasteiger partial charge in [-0.1, -0.05) is 17.7 Å². The highest BCUT2D eigenvalue weighted by Crippen LogP contribution is 2.16. The average molecular weight is 322 g/mol. The largest absolute Gasteiger partial charge is 0.376 e. The Balaban J connectivity index is 1.96. The van der Waals surface area contributed by atoms with Crippen molar-refractivity contribution in [1.29, 1.82) is 0 Å². The Morgan fingerprint density at radius 2 is 1.91 bits per heavy atom. The Kier molecular flexibility index (Phi) is 4.95. The summed E-state index contributed by atoms with van der Waals surface area (Å²) in [6.07, 6.45) is 0. The van der Waals surface area contributed by atoms with E-state index in [1.807, 2.05) is 0 Å². The second-order valence-electron chi connectivity index (χ2n) is 4.47. The van der Waals surface area contributed by atoms with Gasteiger partial charge in [-0.15, -0.1) is 0 Å². The Morgan fingerprint density at radius 3 is 2.59 bits per heavy atom. The molecule has 0 atom stereocenters. The van der Waals surface area contributed by atoms with Crippen LogP contribution in [0.2, 0.25) is 5.02 Å². The van der Waals surface area contributed by atoms with E-state index in [2.05, 4.69) is 10.6 Å². The highest BCUT2D eigenvalue weighted by Gasteiger charge is 2.09. The van der Waals surface area contributed by atoms with Crippen molar-refractivity contribution in [2.75, 3.05) is 17.2 Å². The van der Waals surface area contributed by atoms with E-state index in [4.69, 9.17) is 17.3 Å². The number of rotatable bonds is 5. The lowest BCUT2D eigenvalue weighted by atomic mass is 10.2. The smallest absolute Gasteiger partial charge is 0.251 e. The molecule has 4 N–H and O–H groups in total. The van der Waals surface area contributed by atoms with Gasteiger partial charge in [0.2, 0.25) is 5.91 Å². The topological polar surface area (TPSA) is 84.2 Å². The van der Waals surface area contributed by atoms with Gasteiger partial charge in [-0.05, 0) is 36.4 Å². The van der Waals surface area contributed by atoms with Crippen LogP contribution < -0.4 is 16.4 Å². The number of nitrogens with one attached hydrogen (secondary N) is 2. The van der Waals surface area contributed by atoms with E-state index in [1.165, 1.54) is 12.1 Å². The van der Waals surface area contributed by atoms with E-state index >= 15 is 0 Å². The van der Waals surface area contributed by atoms with Crippen molar-refractivity contribution in [1.82, 2.24) is 0 Å². The van der Waals surface area contributed by atoms with Crippen LogP contribution >= 0.6 is 11.6 Å². The zero-order valence-corrected chi connectivity index (χ0v) is 12.2. The molecule has 2 aromatic rings. The third-order valence-corrected chi connectivity index (χ3v) is 3.03. The maximum atomic E-state index is 13.3. The van der Waals surface area contributed by atoms with Crippen molar-refractivity contribution in [3.05, 3.63) is 58.9 Å². The number of halogens is 2. The third kappa shape index (κ3) is 4.20. The zero-order chi connectivity index (χ0) is 16.1. The number of carbonyl (C=O) groups is 2. The molecule has 0 aromatic heterocycles. The van der Waals surface area contributed by atoms with Gasteiger partial charge in [-0.3, -0.25) is 9.59 Å². The fraction of sp³-hybridized carbons (Fsp3) is 0.0667. The quantitative estimate of drug-likeness (QED) is 0.791. The van der Waals surface area contributed by atoms with Crippen LogP contribution in [0.4, 0.5) is 15.8 Å². The van der Waals surface area contributed by atoms with E-state index in [-0.39, 0.29) is 18.0 Å². The summed E-state index contributed by atoms with van der Waals surface area (Å²) in [6.45, 7) is -0.0592. The number of hydrogen-bond acceptors (Lipinski definition) is 3. The van der Waals surface area contributed by atoms with Crippen LogP contribution in [0.5, 0.6) is 0 Å². The van der Waals surface area contributed by atoms with Gasteiger partial charge in [-0.25, -0.2) is 4.39 Å². The minimum atomic E-state index is -0.871. The fourth-order valence-electron chi connectivity index (χ4n) is 1.78. The highest BCUT2D eigenvalue weighted by molar-refractivity contribution is 6.30. The van der Waals surface area contributed by atoms with Gasteiger partial charge in [0.05, 0.1) is 12.1 Å². The minimum absolute atomic E-state index is 0.0592. The molecule has 0 fully saturated rings. The van der Waals surface area contributed by atoms with Crippen LogP contribution in [-0.4, -0.2) is 18.4 Å². The Labute approximate surface area is 131 Å². The average Bonchev–Trinajstić information content (AvgIpc) is 2.46. The summed E-state index contributed by atoms with van der Waals surface area (Å²) in [7, 11) is 0. The molecule has 2 aromatic carbocycles. The Hall–Kier alpha value is -2.60.